The third-order valence-electron chi connectivity index (χ3n) is 7.84. The fourth-order valence-corrected chi connectivity index (χ4v) is 6.77. The fourth-order valence-electron chi connectivity index (χ4n) is 6.77. The molecule has 3 aliphatic rings. The van der Waals surface area contributed by atoms with Gasteiger partial charge in [0.15, 0.2) is 5.60 Å². The topological polar surface area (TPSA) is 9.23 Å². The first-order chi connectivity index (χ1) is 15.3. The maximum atomic E-state index is 6.81. The molecule has 0 radical (unpaired) electrons. The summed E-state index contributed by atoms with van der Waals surface area (Å²) in [5.41, 5.74) is 10.1. The maximum Gasteiger partial charge on any atom is 0.179 e. The third-order valence-corrected chi connectivity index (χ3v) is 7.84. The minimum atomic E-state index is -0.566. The van der Waals surface area contributed by atoms with Crippen molar-refractivity contribution in [2.45, 2.75) is 45.6 Å². The summed E-state index contributed by atoms with van der Waals surface area (Å²) in [6.07, 6.45) is 4.48. The van der Waals surface area contributed by atoms with Crippen LogP contribution in [0.2, 0.25) is 0 Å². The van der Waals surface area contributed by atoms with E-state index in [1.165, 1.54) is 66.1 Å². The van der Waals surface area contributed by atoms with Gasteiger partial charge in [-0.2, -0.15) is 0 Å². The first-order valence-corrected chi connectivity index (χ1v) is 11.5. The van der Waals surface area contributed by atoms with Crippen molar-refractivity contribution in [3.05, 3.63) is 106 Å². The molecule has 1 heterocycles. The van der Waals surface area contributed by atoms with Gasteiger partial charge in [0.05, 0.1) is 5.76 Å². The van der Waals surface area contributed by atoms with Crippen LogP contribution in [0.15, 0.2) is 78.1 Å². The number of hydrogen-bond donors (Lipinski definition) is 0. The van der Waals surface area contributed by atoms with E-state index in [1.54, 1.807) is 0 Å². The number of rotatable bonds is 0. The second-order valence-electron chi connectivity index (χ2n) is 10.4. The van der Waals surface area contributed by atoms with Crippen molar-refractivity contribution in [2.75, 3.05) is 0 Å². The van der Waals surface area contributed by atoms with Gasteiger partial charge in [0.25, 0.3) is 0 Å². The van der Waals surface area contributed by atoms with Gasteiger partial charge in [0.1, 0.15) is 0 Å². The zero-order valence-corrected chi connectivity index (χ0v) is 19.3. The summed E-state index contributed by atoms with van der Waals surface area (Å²) in [6.45, 7) is 11.3. The molecule has 32 heavy (non-hydrogen) atoms. The molecule has 0 fully saturated rings. The molecule has 0 amide bonds. The van der Waals surface area contributed by atoms with Crippen molar-refractivity contribution >= 4 is 21.5 Å². The van der Waals surface area contributed by atoms with Gasteiger partial charge in [0, 0.05) is 16.5 Å². The summed E-state index contributed by atoms with van der Waals surface area (Å²) in [5, 5.41) is 5.38. The van der Waals surface area contributed by atoms with Gasteiger partial charge in [-0.05, 0) is 88.4 Å². The molecule has 0 N–H and O–H groups in total. The monoisotopic (exact) mass is 414 g/mol. The van der Waals surface area contributed by atoms with Crippen molar-refractivity contribution in [2.24, 2.45) is 0 Å². The number of aryl methyl sites for hydroxylation is 1. The Hall–Kier alpha value is -3.32. The molecule has 4 aromatic rings. The molecular formula is C31H26O. The Bertz CT molecular complexity index is 1590. The Kier molecular flexibility index (Phi) is 3.16. The van der Waals surface area contributed by atoms with Crippen molar-refractivity contribution in [1.82, 2.24) is 0 Å². The molecule has 156 valence electrons. The largest absolute Gasteiger partial charge is 0.478 e. The van der Waals surface area contributed by atoms with Crippen LogP contribution in [0.25, 0.3) is 32.7 Å². The number of hydrogen-bond acceptors (Lipinski definition) is 1. The van der Waals surface area contributed by atoms with Gasteiger partial charge in [-0.3, -0.25) is 0 Å². The van der Waals surface area contributed by atoms with Crippen molar-refractivity contribution in [3.8, 4) is 11.1 Å². The number of ether oxygens (including phenoxy) is 1. The van der Waals surface area contributed by atoms with Crippen LogP contribution in [0.5, 0.6) is 0 Å². The Labute approximate surface area is 189 Å². The highest BCUT2D eigenvalue weighted by molar-refractivity contribution is 6.12. The van der Waals surface area contributed by atoms with E-state index in [4.69, 9.17) is 4.74 Å². The van der Waals surface area contributed by atoms with Crippen molar-refractivity contribution < 1.29 is 4.74 Å². The second-order valence-corrected chi connectivity index (χ2v) is 10.4. The van der Waals surface area contributed by atoms with Crippen LogP contribution in [0.3, 0.4) is 0 Å². The van der Waals surface area contributed by atoms with E-state index < -0.39 is 5.60 Å². The van der Waals surface area contributed by atoms with Crippen LogP contribution in [-0.4, -0.2) is 0 Å². The highest BCUT2D eigenvalue weighted by Crippen LogP contribution is 2.62. The summed E-state index contributed by atoms with van der Waals surface area (Å²) in [5.74, 6) is 0.973. The smallest absolute Gasteiger partial charge is 0.179 e. The molecule has 1 aliphatic heterocycles. The van der Waals surface area contributed by atoms with Crippen LogP contribution in [0.1, 0.15) is 55.5 Å². The van der Waals surface area contributed by atoms with Crippen LogP contribution < -0.4 is 0 Å². The molecule has 0 bridgehead atoms. The minimum Gasteiger partial charge on any atom is -0.478 e. The zero-order valence-electron chi connectivity index (χ0n) is 19.3. The molecule has 0 saturated heterocycles. The van der Waals surface area contributed by atoms with Crippen molar-refractivity contribution in [1.29, 1.82) is 0 Å². The van der Waals surface area contributed by atoms with Crippen LogP contribution >= 0.6 is 0 Å². The number of allylic oxidation sites excluding steroid dienone is 3. The summed E-state index contributed by atoms with van der Waals surface area (Å²) in [4.78, 5) is 0. The van der Waals surface area contributed by atoms with Gasteiger partial charge in [-0.15, -0.1) is 0 Å². The van der Waals surface area contributed by atoms with E-state index in [2.05, 4.69) is 101 Å². The molecule has 4 aromatic carbocycles. The molecule has 1 atom stereocenters. The number of benzene rings is 4. The predicted octanol–water partition coefficient (Wildman–Crippen LogP) is 8.05. The molecule has 1 heteroatoms. The van der Waals surface area contributed by atoms with Gasteiger partial charge < -0.3 is 4.74 Å². The highest BCUT2D eigenvalue weighted by Gasteiger charge is 2.51. The lowest BCUT2D eigenvalue weighted by atomic mass is 9.67. The average molecular weight is 415 g/mol. The Morgan fingerprint density at radius 2 is 1.56 bits per heavy atom. The minimum absolute atomic E-state index is 0.106. The molecular weight excluding hydrogens is 388 g/mol. The molecule has 1 spiro atoms. The van der Waals surface area contributed by atoms with E-state index >= 15 is 0 Å². The molecule has 7 rings (SSSR count). The summed E-state index contributed by atoms with van der Waals surface area (Å²) < 4.78 is 6.81. The van der Waals surface area contributed by atoms with Crippen LogP contribution in [-0.2, 0) is 15.8 Å². The van der Waals surface area contributed by atoms with Gasteiger partial charge in [-0.25, -0.2) is 0 Å². The summed E-state index contributed by atoms with van der Waals surface area (Å²) >= 11 is 0. The summed E-state index contributed by atoms with van der Waals surface area (Å²) in [7, 11) is 0. The Balaban J connectivity index is 1.79. The van der Waals surface area contributed by atoms with E-state index in [9.17, 15) is 0 Å². The lowest BCUT2D eigenvalue weighted by molar-refractivity contribution is 0.0791. The van der Waals surface area contributed by atoms with Crippen molar-refractivity contribution in [3.63, 3.8) is 0 Å². The van der Waals surface area contributed by atoms with Gasteiger partial charge >= 0.3 is 0 Å². The molecule has 2 aliphatic carbocycles. The van der Waals surface area contributed by atoms with E-state index in [-0.39, 0.29) is 5.41 Å². The zero-order chi connectivity index (χ0) is 22.0. The summed E-state index contributed by atoms with van der Waals surface area (Å²) in [6, 6.07) is 20.6. The highest BCUT2D eigenvalue weighted by atomic mass is 16.5. The van der Waals surface area contributed by atoms with E-state index in [0.29, 0.717) is 0 Å². The van der Waals surface area contributed by atoms with Gasteiger partial charge in [0.2, 0.25) is 0 Å². The maximum absolute atomic E-state index is 6.81. The molecule has 1 nitrogen and oxygen atoms in total. The van der Waals surface area contributed by atoms with E-state index in [0.717, 1.165) is 5.76 Å². The molecule has 1 unspecified atom stereocenters. The SMILES string of the molecule is CC1=CC2(OC(C)=C1)c1cc3ccccc3c3c1-c1c2ccc2cc(C)cc(c12)C3(C)C. The number of fused-ring (bicyclic) bond motifs is 4. The third kappa shape index (κ3) is 1.96. The van der Waals surface area contributed by atoms with E-state index in [1.807, 2.05) is 0 Å². The molecule has 0 aromatic heterocycles. The predicted molar refractivity (Wildman–Crippen MR) is 133 cm³/mol. The lowest BCUT2D eigenvalue weighted by Crippen LogP contribution is -2.28. The standard InChI is InChI=1S/C31H26O/c1-17-13-21-10-11-23-27-26(21)24(14-17)30(4,5)29-22-9-7-6-8-20(22)15-25(28(27)29)31(23)16-18(2)12-19(3)32-31/h6-16H,1-5H3. The lowest BCUT2D eigenvalue weighted by Gasteiger charge is -2.36. The van der Waals surface area contributed by atoms with Crippen LogP contribution in [0, 0.1) is 6.92 Å². The quantitative estimate of drug-likeness (QED) is 0.283. The second kappa shape index (κ2) is 5.53. The van der Waals surface area contributed by atoms with Gasteiger partial charge in [-0.1, -0.05) is 67.9 Å². The Morgan fingerprint density at radius 1 is 0.750 bits per heavy atom. The Morgan fingerprint density at radius 3 is 2.38 bits per heavy atom. The molecule has 0 saturated carbocycles. The van der Waals surface area contributed by atoms with Crippen LogP contribution in [0.4, 0.5) is 0 Å². The normalized spacial score (nSPS) is 21.7. The first-order valence-electron chi connectivity index (χ1n) is 11.5. The first kappa shape index (κ1) is 18.3. The average Bonchev–Trinajstić information content (AvgIpc) is 2.98. The fraction of sp³-hybridized carbons (Fsp3) is 0.226.